The van der Waals surface area contributed by atoms with Gasteiger partial charge in [0.2, 0.25) is 5.91 Å². The van der Waals surface area contributed by atoms with E-state index in [0.717, 1.165) is 28.7 Å². The van der Waals surface area contributed by atoms with Gasteiger partial charge >= 0.3 is 0 Å². The molecule has 98 valence electrons. The topological polar surface area (TPSA) is 42.0 Å². The molecule has 0 unspecified atom stereocenters. The third-order valence-electron chi connectivity index (χ3n) is 3.51. The fraction of sp³-hybridized carbons (Fsp3) is 0.571. The predicted octanol–water partition coefficient (Wildman–Crippen LogP) is 4.06. The average molecular weight is 311 g/mol. The predicted molar refractivity (Wildman–Crippen MR) is 76.5 cm³/mol. The maximum Gasteiger partial charge on any atom is 0.227 e. The van der Waals surface area contributed by atoms with Crippen molar-refractivity contribution in [2.75, 3.05) is 5.32 Å². The second-order valence-corrected chi connectivity index (χ2v) is 5.76. The minimum Gasteiger partial charge on any atom is -0.324 e. The number of pyridine rings is 1. The van der Waals surface area contributed by atoms with Crippen molar-refractivity contribution in [1.29, 1.82) is 0 Å². The molecule has 1 saturated carbocycles. The largest absolute Gasteiger partial charge is 0.324 e. The van der Waals surface area contributed by atoms with Crippen molar-refractivity contribution < 1.29 is 4.79 Å². The first-order chi connectivity index (χ1) is 8.66. The Labute approximate surface area is 117 Å². The summed E-state index contributed by atoms with van der Waals surface area (Å²) >= 11 is 3.36. The SMILES string of the molecule is Cc1cc(NC(=O)C2CCCCCC2)cnc1Br. The van der Waals surface area contributed by atoms with Crippen LogP contribution in [-0.4, -0.2) is 10.9 Å². The normalized spacial score (nSPS) is 17.2. The maximum atomic E-state index is 12.2. The van der Waals surface area contributed by atoms with Gasteiger partial charge in [-0.15, -0.1) is 0 Å². The van der Waals surface area contributed by atoms with Gasteiger partial charge in [0.25, 0.3) is 0 Å². The summed E-state index contributed by atoms with van der Waals surface area (Å²) in [6.45, 7) is 1.97. The van der Waals surface area contributed by atoms with Crippen LogP contribution in [0.4, 0.5) is 5.69 Å². The van der Waals surface area contributed by atoms with E-state index in [1.54, 1.807) is 6.20 Å². The van der Waals surface area contributed by atoms with Gasteiger partial charge in [0.05, 0.1) is 11.9 Å². The fourth-order valence-electron chi connectivity index (χ4n) is 2.41. The van der Waals surface area contributed by atoms with Crippen LogP contribution in [0.3, 0.4) is 0 Å². The molecule has 1 N–H and O–H groups in total. The summed E-state index contributed by atoms with van der Waals surface area (Å²) in [5.74, 6) is 0.330. The minimum atomic E-state index is 0.153. The van der Waals surface area contributed by atoms with Crippen LogP contribution >= 0.6 is 15.9 Å². The van der Waals surface area contributed by atoms with Gasteiger partial charge in [0.15, 0.2) is 0 Å². The minimum absolute atomic E-state index is 0.153. The van der Waals surface area contributed by atoms with Crippen molar-refractivity contribution in [3.63, 3.8) is 0 Å². The molecule has 1 aliphatic rings. The van der Waals surface area contributed by atoms with E-state index in [1.807, 2.05) is 13.0 Å². The van der Waals surface area contributed by atoms with Crippen LogP contribution in [-0.2, 0) is 4.79 Å². The third kappa shape index (κ3) is 3.55. The smallest absolute Gasteiger partial charge is 0.227 e. The van der Waals surface area contributed by atoms with Crippen LogP contribution in [0.5, 0.6) is 0 Å². The molecule has 1 amide bonds. The highest BCUT2D eigenvalue weighted by Crippen LogP contribution is 2.24. The quantitative estimate of drug-likeness (QED) is 0.661. The van der Waals surface area contributed by atoms with Gasteiger partial charge in [-0.05, 0) is 47.3 Å². The van der Waals surface area contributed by atoms with Crippen LogP contribution in [0.25, 0.3) is 0 Å². The molecule has 0 saturated heterocycles. The van der Waals surface area contributed by atoms with Gasteiger partial charge in [-0.25, -0.2) is 4.98 Å². The Morgan fingerprint density at radius 2 is 2.00 bits per heavy atom. The Hall–Kier alpha value is -0.900. The van der Waals surface area contributed by atoms with E-state index in [2.05, 4.69) is 26.2 Å². The summed E-state index contributed by atoms with van der Waals surface area (Å²) in [5.41, 5.74) is 1.83. The summed E-state index contributed by atoms with van der Waals surface area (Å²) in [7, 11) is 0. The number of hydrogen-bond donors (Lipinski definition) is 1. The zero-order valence-corrected chi connectivity index (χ0v) is 12.3. The molecular formula is C14H19BrN2O. The molecule has 3 nitrogen and oxygen atoms in total. The number of nitrogens with zero attached hydrogens (tertiary/aromatic N) is 1. The van der Waals surface area contributed by atoms with Gasteiger partial charge in [-0.1, -0.05) is 25.7 Å². The standard InChI is InChI=1S/C14H19BrN2O/c1-10-8-12(9-16-13(10)15)17-14(18)11-6-4-2-3-5-7-11/h8-9,11H,2-7H2,1H3,(H,17,18). The molecular weight excluding hydrogens is 292 g/mol. The van der Waals surface area contributed by atoms with Crippen molar-refractivity contribution in [3.05, 3.63) is 22.4 Å². The number of nitrogens with one attached hydrogen (secondary N) is 1. The molecule has 4 heteroatoms. The number of anilines is 1. The van der Waals surface area contributed by atoms with Gasteiger partial charge in [0, 0.05) is 5.92 Å². The Morgan fingerprint density at radius 1 is 1.33 bits per heavy atom. The summed E-state index contributed by atoms with van der Waals surface area (Å²) in [6.07, 6.45) is 8.63. The van der Waals surface area contributed by atoms with Gasteiger partial charge in [0.1, 0.15) is 4.60 Å². The maximum absolute atomic E-state index is 12.2. The van der Waals surface area contributed by atoms with E-state index >= 15 is 0 Å². The summed E-state index contributed by atoms with van der Waals surface area (Å²) in [5, 5.41) is 2.99. The number of rotatable bonds is 2. The molecule has 2 rings (SSSR count). The number of amides is 1. The third-order valence-corrected chi connectivity index (χ3v) is 4.34. The molecule has 0 bridgehead atoms. The van der Waals surface area contributed by atoms with E-state index in [-0.39, 0.29) is 11.8 Å². The molecule has 1 fully saturated rings. The summed E-state index contributed by atoms with van der Waals surface area (Å²) < 4.78 is 0.829. The van der Waals surface area contributed by atoms with Crippen molar-refractivity contribution in [3.8, 4) is 0 Å². The molecule has 0 aromatic carbocycles. The molecule has 1 aliphatic carbocycles. The molecule has 1 aromatic heterocycles. The molecule has 0 spiro atoms. The Bertz CT molecular complexity index is 426. The molecule has 1 heterocycles. The second kappa shape index (κ2) is 6.32. The van der Waals surface area contributed by atoms with E-state index < -0.39 is 0 Å². The lowest BCUT2D eigenvalue weighted by Gasteiger charge is -2.14. The number of aryl methyl sites for hydroxylation is 1. The van der Waals surface area contributed by atoms with Crippen LogP contribution in [0.1, 0.15) is 44.1 Å². The second-order valence-electron chi connectivity index (χ2n) is 5.01. The van der Waals surface area contributed by atoms with Crippen molar-refractivity contribution in [2.45, 2.75) is 45.4 Å². The van der Waals surface area contributed by atoms with Crippen LogP contribution < -0.4 is 5.32 Å². The highest BCUT2D eigenvalue weighted by atomic mass is 79.9. The summed E-state index contributed by atoms with van der Waals surface area (Å²) in [6, 6.07) is 1.95. The number of hydrogen-bond acceptors (Lipinski definition) is 2. The lowest BCUT2D eigenvalue weighted by atomic mass is 9.99. The summed E-state index contributed by atoms with van der Waals surface area (Å²) in [4.78, 5) is 16.4. The van der Waals surface area contributed by atoms with Crippen LogP contribution in [0.2, 0.25) is 0 Å². The van der Waals surface area contributed by atoms with Gasteiger partial charge in [-0.3, -0.25) is 4.79 Å². The Kier molecular flexibility index (Phi) is 4.75. The van der Waals surface area contributed by atoms with Crippen molar-refractivity contribution in [2.24, 2.45) is 5.92 Å². The van der Waals surface area contributed by atoms with Crippen LogP contribution in [0.15, 0.2) is 16.9 Å². The first-order valence-electron chi connectivity index (χ1n) is 6.60. The number of halogens is 1. The highest BCUT2D eigenvalue weighted by Gasteiger charge is 2.20. The zero-order valence-electron chi connectivity index (χ0n) is 10.7. The number of carbonyl (C=O) groups excluding carboxylic acids is 1. The molecule has 0 atom stereocenters. The first kappa shape index (κ1) is 13.5. The first-order valence-corrected chi connectivity index (χ1v) is 7.39. The number of aromatic nitrogens is 1. The fourth-order valence-corrected chi connectivity index (χ4v) is 2.63. The number of carbonyl (C=O) groups is 1. The van der Waals surface area contributed by atoms with E-state index in [9.17, 15) is 4.79 Å². The average Bonchev–Trinajstić information content (AvgIpc) is 2.62. The van der Waals surface area contributed by atoms with E-state index in [4.69, 9.17) is 0 Å². The van der Waals surface area contributed by atoms with Gasteiger partial charge in [-0.2, -0.15) is 0 Å². The van der Waals surface area contributed by atoms with E-state index in [1.165, 1.54) is 25.7 Å². The molecule has 18 heavy (non-hydrogen) atoms. The lowest BCUT2D eigenvalue weighted by Crippen LogP contribution is -2.22. The lowest BCUT2D eigenvalue weighted by molar-refractivity contribution is -0.120. The zero-order chi connectivity index (χ0) is 13.0. The van der Waals surface area contributed by atoms with Crippen LogP contribution in [0, 0.1) is 12.8 Å². The Morgan fingerprint density at radius 3 is 2.61 bits per heavy atom. The van der Waals surface area contributed by atoms with Crippen molar-refractivity contribution >= 4 is 27.5 Å². The Balaban J connectivity index is 1.99. The monoisotopic (exact) mass is 310 g/mol. The molecule has 0 aliphatic heterocycles. The van der Waals surface area contributed by atoms with Crippen molar-refractivity contribution in [1.82, 2.24) is 4.98 Å². The van der Waals surface area contributed by atoms with E-state index in [0.29, 0.717) is 0 Å². The highest BCUT2D eigenvalue weighted by molar-refractivity contribution is 9.10. The molecule has 0 radical (unpaired) electrons. The molecule has 1 aromatic rings. The van der Waals surface area contributed by atoms with Gasteiger partial charge < -0.3 is 5.32 Å².